The molecule has 4 rings (SSSR count). The number of aryl methyl sites for hydroxylation is 1. The van der Waals surface area contributed by atoms with Crippen LogP contribution in [0.1, 0.15) is 5.56 Å². The normalized spacial score (nSPS) is 10.6. The lowest BCUT2D eigenvalue weighted by atomic mass is 10.2. The highest BCUT2D eigenvalue weighted by molar-refractivity contribution is 5.92. The quantitative estimate of drug-likeness (QED) is 0.506. The summed E-state index contributed by atoms with van der Waals surface area (Å²) in [7, 11) is 1.51. The minimum atomic E-state index is -0.442. The van der Waals surface area contributed by atoms with E-state index in [2.05, 4.69) is 25.5 Å². The molecule has 0 fully saturated rings. The maximum Gasteiger partial charge on any atom is 0.278 e. The van der Waals surface area contributed by atoms with Crippen molar-refractivity contribution >= 4 is 11.6 Å². The molecule has 10 nitrogen and oxygen atoms in total. The number of nitrogens with zero attached hydrogens (tertiary/aromatic N) is 5. The molecule has 0 radical (unpaired) electrons. The highest BCUT2D eigenvalue weighted by Gasteiger charge is 2.15. The number of hydrogen-bond acceptors (Lipinski definition) is 8. The van der Waals surface area contributed by atoms with Crippen molar-refractivity contribution in [3.05, 3.63) is 70.8 Å². The molecule has 156 valence electrons. The zero-order valence-electron chi connectivity index (χ0n) is 16.8. The molecule has 10 heteroatoms. The zero-order valence-corrected chi connectivity index (χ0v) is 16.8. The molecule has 0 atom stereocenters. The van der Waals surface area contributed by atoms with Gasteiger partial charge in [-0.3, -0.25) is 14.6 Å². The van der Waals surface area contributed by atoms with E-state index in [0.717, 1.165) is 10.2 Å². The monoisotopic (exact) mass is 418 g/mol. The van der Waals surface area contributed by atoms with Crippen molar-refractivity contribution < 1.29 is 14.1 Å². The largest absolute Gasteiger partial charge is 0.495 e. The molecular formula is C21H18N6O4. The summed E-state index contributed by atoms with van der Waals surface area (Å²) >= 11 is 0. The number of amides is 1. The SMILES string of the molecule is COc1ccc(C)cc1NC(=O)Cn1nc(-c2nc(-c3cccnc3)no2)ccc1=O. The van der Waals surface area contributed by atoms with Gasteiger partial charge in [0.2, 0.25) is 11.7 Å². The first-order valence-corrected chi connectivity index (χ1v) is 9.30. The fourth-order valence-electron chi connectivity index (χ4n) is 2.86. The summed E-state index contributed by atoms with van der Waals surface area (Å²) in [4.78, 5) is 33.0. The Morgan fingerprint density at radius 3 is 2.87 bits per heavy atom. The van der Waals surface area contributed by atoms with Gasteiger partial charge in [0, 0.05) is 24.0 Å². The number of hydrogen-bond donors (Lipinski definition) is 1. The maximum atomic E-state index is 12.5. The molecule has 1 N–H and O–H groups in total. The molecular weight excluding hydrogens is 400 g/mol. The van der Waals surface area contributed by atoms with Gasteiger partial charge in [-0.1, -0.05) is 11.2 Å². The average molecular weight is 418 g/mol. The van der Waals surface area contributed by atoms with Crippen LogP contribution in [-0.4, -0.2) is 37.9 Å². The molecule has 4 aromatic rings. The standard InChI is InChI=1S/C21H18N6O4/c1-13-5-7-17(30-2)16(10-13)23-18(28)12-27-19(29)8-6-15(25-27)21-24-20(26-31-21)14-4-3-9-22-11-14/h3-11H,12H2,1-2H3,(H,23,28). The van der Waals surface area contributed by atoms with Gasteiger partial charge in [-0.25, -0.2) is 4.68 Å². The molecule has 3 aromatic heterocycles. The Kier molecular flexibility index (Phi) is 5.52. The smallest absolute Gasteiger partial charge is 0.278 e. The number of nitrogens with one attached hydrogen (secondary N) is 1. The van der Waals surface area contributed by atoms with E-state index < -0.39 is 11.5 Å². The Hall–Kier alpha value is -4.34. The number of benzene rings is 1. The van der Waals surface area contributed by atoms with E-state index in [1.807, 2.05) is 13.0 Å². The summed E-state index contributed by atoms with van der Waals surface area (Å²) in [5.41, 5.74) is 1.96. The lowest BCUT2D eigenvalue weighted by Crippen LogP contribution is -2.29. The lowest BCUT2D eigenvalue weighted by molar-refractivity contribution is -0.117. The molecule has 3 heterocycles. The van der Waals surface area contributed by atoms with Crippen LogP contribution in [0.25, 0.3) is 23.0 Å². The van der Waals surface area contributed by atoms with Gasteiger partial charge in [0.1, 0.15) is 18.0 Å². The first-order chi connectivity index (χ1) is 15.0. The van der Waals surface area contributed by atoms with Gasteiger partial charge < -0.3 is 14.6 Å². The van der Waals surface area contributed by atoms with Gasteiger partial charge >= 0.3 is 0 Å². The third-order valence-electron chi connectivity index (χ3n) is 4.35. The summed E-state index contributed by atoms with van der Waals surface area (Å²) in [5.74, 6) is 0.541. The van der Waals surface area contributed by atoms with Crippen LogP contribution in [0.2, 0.25) is 0 Å². The molecule has 0 aliphatic heterocycles. The molecule has 1 aromatic carbocycles. The first-order valence-electron chi connectivity index (χ1n) is 9.30. The number of carbonyl (C=O) groups excluding carboxylic acids is 1. The minimum absolute atomic E-state index is 0.119. The van der Waals surface area contributed by atoms with Gasteiger partial charge in [-0.05, 0) is 42.8 Å². The van der Waals surface area contributed by atoms with Crippen molar-refractivity contribution in [1.29, 1.82) is 0 Å². The fourth-order valence-corrected chi connectivity index (χ4v) is 2.86. The van der Waals surface area contributed by atoms with E-state index in [0.29, 0.717) is 22.8 Å². The second kappa shape index (κ2) is 8.57. The minimum Gasteiger partial charge on any atom is -0.495 e. The summed E-state index contributed by atoms with van der Waals surface area (Å²) in [6.07, 6.45) is 3.24. The third-order valence-corrected chi connectivity index (χ3v) is 4.35. The van der Waals surface area contributed by atoms with Crippen LogP contribution >= 0.6 is 0 Å². The lowest BCUT2D eigenvalue weighted by Gasteiger charge is -2.11. The summed E-state index contributed by atoms with van der Waals surface area (Å²) in [5, 5.41) is 10.8. The van der Waals surface area contributed by atoms with Crippen molar-refractivity contribution in [2.45, 2.75) is 13.5 Å². The van der Waals surface area contributed by atoms with Crippen LogP contribution in [0.4, 0.5) is 5.69 Å². The van der Waals surface area contributed by atoms with E-state index in [4.69, 9.17) is 9.26 Å². The Morgan fingerprint density at radius 1 is 1.23 bits per heavy atom. The van der Waals surface area contributed by atoms with E-state index in [9.17, 15) is 9.59 Å². The van der Waals surface area contributed by atoms with Gasteiger partial charge in [-0.2, -0.15) is 10.1 Å². The van der Waals surface area contributed by atoms with Gasteiger partial charge in [0.25, 0.3) is 11.4 Å². The van der Waals surface area contributed by atoms with Crippen LogP contribution in [0.3, 0.4) is 0 Å². The van der Waals surface area contributed by atoms with Crippen LogP contribution in [-0.2, 0) is 11.3 Å². The van der Waals surface area contributed by atoms with Crippen molar-refractivity contribution in [2.75, 3.05) is 12.4 Å². The number of aromatic nitrogens is 5. The zero-order chi connectivity index (χ0) is 21.8. The van der Waals surface area contributed by atoms with Crippen LogP contribution < -0.4 is 15.6 Å². The molecule has 0 saturated carbocycles. The van der Waals surface area contributed by atoms with Crippen LogP contribution in [0.5, 0.6) is 5.75 Å². The number of pyridine rings is 1. The predicted molar refractivity (Wildman–Crippen MR) is 111 cm³/mol. The number of ether oxygens (including phenoxy) is 1. The molecule has 0 aliphatic carbocycles. The fraction of sp³-hybridized carbons (Fsp3) is 0.143. The van der Waals surface area contributed by atoms with Gasteiger partial charge in [-0.15, -0.1) is 0 Å². The van der Waals surface area contributed by atoms with Crippen LogP contribution in [0.15, 0.2) is 64.2 Å². The second-order valence-electron chi connectivity index (χ2n) is 6.63. The first kappa shape index (κ1) is 20.0. The highest BCUT2D eigenvalue weighted by Crippen LogP contribution is 2.25. The summed E-state index contributed by atoms with van der Waals surface area (Å²) in [6.45, 7) is 1.60. The van der Waals surface area contributed by atoms with Crippen molar-refractivity contribution in [2.24, 2.45) is 0 Å². The molecule has 0 bridgehead atoms. The highest BCUT2D eigenvalue weighted by atomic mass is 16.5. The molecule has 31 heavy (non-hydrogen) atoms. The van der Waals surface area contributed by atoms with E-state index in [-0.39, 0.29) is 18.1 Å². The summed E-state index contributed by atoms with van der Waals surface area (Å²) < 4.78 is 11.5. The van der Waals surface area contributed by atoms with Crippen molar-refractivity contribution in [1.82, 2.24) is 24.9 Å². The second-order valence-corrected chi connectivity index (χ2v) is 6.63. The maximum absolute atomic E-state index is 12.5. The number of anilines is 1. The Labute approximate surface area is 176 Å². The Balaban J connectivity index is 1.55. The van der Waals surface area contributed by atoms with Gasteiger partial charge in [0.05, 0.1) is 12.8 Å². The third kappa shape index (κ3) is 4.47. The number of carbonyl (C=O) groups is 1. The summed E-state index contributed by atoms with van der Waals surface area (Å²) in [6, 6.07) is 11.7. The van der Waals surface area contributed by atoms with Gasteiger partial charge in [0.15, 0.2) is 0 Å². The topological polar surface area (TPSA) is 125 Å². The van der Waals surface area contributed by atoms with Crippen molar-refractivity contribution in [3.63, 3.8) is 0 Å². The molecule has 0 spiro atoms. The van der Waals surface area contributed by atoms with E-state index in [1.54, 1.807) is 36.7 Å². The van der Waals surface area contributed by atoms with Crippen molar-refractivity contribution in [3.8, 4) is 28.7 Å². The average Bonchev–Trinajstić information content (AvgIpc) is 3.26. The Bertz CT molecular complexity index is 1280. The van der Waals surface area contributed by atoms with Crippen LogP contribution in [0, 0.1) is 6.92 Å². The predicted octanol–water partition coefficient (Wildman–Crippen LogP) is 2.31. The number of rotatable bonds is 6. The molecule has 0 aliphatic rings. The Morgan fingerprint density at radius 2 is 2.10 bits per heavy atom. The molecule has 0 unspecified atom stereocenters. The molecule has 0 saturated heterocycles. The molecule has 1 amide bonds. The van der Waals surface area contributed by atoms with E-state index in [1.165, 1.54) is 19.2 Å². The number of methoxy groups -OCH3 is 1. The van der Waals surface area contributed by atoms with E-state index >= 15 is 0 Å².